The van der Waals surface area contributed by atoms with Gasteiger partial charge in [-0.1, -0.05) is 41.9 Å². The molecule has 2 unspecified atom stereocenters. The van der Waals surface area contributed by atoms with Crippen LogP contribution >= 0.6 is 23.2 Å². The SMILES string of the molecule is O=C(Cl)C(Cc1ccccc1)NS(=O)c1ccc(Cl)cc1. The Kier molecular flexibility index (Phi) is 5.94. The molecule has 0 aromatic heterocycles. The molecule has 0 amide bonds. The Bertz CT molecular complexity index is 632. The Labute approximate surface area is 135 Å². The fourth-order valence-electron chi connectivity index (χ4n) is 1.77. The predicted molar refractivity (Wildman–Crippen MR) is 85.8 cm³/mol. The van der Waals surface area contributed by atoms with Gasteiger partial charge in [0.05, 0.1) is 10.9 Å². The summed E-state index contributed by atoms with van der Waals surface area (Å²) in [5.41, 5.74) is 0.942. The number of nitrogens with one attached hydrogen (secondary N) is 1. The maximum absolute atomic E-state index is 12.2. The monoisotopic (exact) mass is 341 g/mol. The quantitative estimate of drug-likeness (QED) is 0.819. The molecule has 2 aromatic rings. The molecule has 21 heavy (non-hydrogen) atoms. The van der Waals surface area contributed by atoms with Gasteiger partial charge in [-0.2, -0.15) is 0 Å². The smallest absolute Gasteiger partial charge is 0.239 e. The highest BCUT2D eigenvalue weighted by Crippen LogP contribution is 2.13. The molecule has 0 spiro atoms. The van der Waals surface area contributed by atoms with Gasteiger partial charge < -0.3 is 0 Å². The van der Waals surface area contributed by atoms with Gasteiger partial charge in [-0.25, -0.2) is 8.93 Å². The lowest BCUT2D eigenvalue weighted by molar-refractivity contribution is -0.113. The third kappa shape index (κ3) is 4.93. The zero-order chi connectivity index (χ0) is 15.2. The lowest BCUT2D eigenvalue weighted by Gasteiger charge is -2.14. The number of hydrogen-bond donors (Lipinski definition) is 1. The van der Waals surface area contributed by atoms with E-state index in [-0.39, 0.29) is 0 Å². The van der Waals surface area contributed by atoms with E-state index in [0.717, 1.165) is 5.56 Å². The molecule has 0 fully saturated rings. The minimum Gasteiger partial charge on any atom is -0.279 e. The van der Waals surface area contributed by atoms with Crippen LogP contribution < -0.4 is 4.72 Å². The Morgan fingerprint density at radius 1 is 1.10 bits per heavy atom. The van der Waals surface area contributed by atoms with Crippen molar-refractivity contribution >= 4 is 39.4 Å². The molecule has 2 atom stereocenters. The van der Waals surface area contributed by atoms with Crippen molar-refractivity contribution in [1.82, 2.24) is 4.72 Å². The van der Waals surface area contributed by atoms with Crippen molar-refractivity contribution in [2.45, 2.75) is 17.4 Å². The molecule has 0 radical (unpaired) electrons. The van der Waals surface area contributed by atoms with Gasteiger partial charge in [-0.15, -0.1) is 0 Å². The highest BCUT2D eigenvalue weighted by Gasteiger charge is 2.19. The van der Waals surface area contributed by atoms with E-state index in [9.17, 15) is 9.00 Å². The Hall–Kier alpha value is -1.20. The number of carbonyl (C=O) groups is 1. The van der Waals surface area contributed by atoms with E-state index in [0.29, 0.717) is 16.3 Å². The van der Waals surface area contributed by atoms with Crippen molar-refractivity contribution in [3.05, 3.63) is 65.2 Å². The fourth-order valence-corrected chi connectivity index (χ4v) is 3.06. The van der Waals surface area contributed by atoms with Crippen LogP contribution in [0.5, 0.6) is 0 Å². The molecule has 3 nitrogen and oxygen atoms in total. The molecular formula is C15H13Cl2NO2S. The zero-order valence-corrected chi connectivity index (χ0v) is 13.3. The number of rotatable bonds is 6. The Morgan fingerprint density at radius 2 is 1.71 bits per heavy atom. The molecule has 0 aliphatic heterocycles. The number of benzene rings is 2. The standard InChI is InChI=1S/C15H13Cl2NO2S/c16-12-6-8-13(9-7-12)21(20)18-14(15(17)19)10-11-4-2-1-3-5-11/h1-9,14,18H,10H2. The minimum absolute atomic E-state index is 0.377. The largest absolute Gasteiger partial charge is 0.279 e. The van der Waals surface area contributed by atoms with Crippen LogP contribution in [0.1, 0.15) is 5.56 Å². The summed E-state index contributed by atoms with van der Waals surface area (Å²) >= 11 is 11.4. The van der Waals surface area contributed by atoms with Gasteiger partial charge in [0.25, 0.3) is 0 Å². The lowest BCUT2D eigenvalue weighted by atomic mass is 10.1. The van der Waals surface area contributed by atoms with Crippen molar-refractivity contribution in [3.8, 4) is 0 Å². The van der Waals surface area contributed by atoms with Crippen molar-refractivity contribution < 1.29 is 9.00 Å². The van der Waals surface area contributed by atoms with Crippen molar-refractivity contribution in [2.75, 3.05) is 0 Å². The van der Waals surface area contributed by atoms with Gasteiger partial charge in [0, 0.05) is 5.02 Å². The van der Waals surface area contributed by atoms with Crippen LogP contribution in [0.3, 0.4) is 0 Å². The third-order valence-electron chi connectivity index (χ3n) is 2.83. The molecular weight excluding hydrogens is 329 g/mol. The summed E-state index contributed by atoms with van der Waals surface area (Å²) in [5, 5.41) is -0.00817. The van der Waals surface area contributed by atoms with E-state index in [4.69, 9.17) is 23.2 Å². The summed E-state index contributed by atoms with van der Waals surface area (Å²) in [5.74, 6) is 0. The Balaban J connectivity index is 2.07. The number of hydrogen-bond acceptors (Lipinski definition) is 2. The van der Waals surface area contributed by atoms with Crippen molar-refractivity contribution in [2.24, 2.45) is 0 Å². The fraction of sp³-hybridized carbons (Fsp3) is 0.133. The summed E-state index contributed by atoms with van der Waals surface area (Å²) in [7, 11) is -1.53. The topological polar surface area (TPSA) is 46.2 Å². The number of carbonyl (C=O) groups excluding carboxylic acids is 1. The van der Waals surface area contributed by atoms with Gasteiger partial charge >= 0.3 is 0 Å². The lowest BCUT2D eigenvalue weighted by Crippen LogP contribution is -2.37. The minimum atomic E-state index is -1.53. The summed E-state index contributed by atoms with van der Waals surface area (Å²) in [6, 6.07) is 15.3. The molecule has 0 heterocycles. The van der Waals surface area contributed by atoms with Gasteiger partial charge in [-0.3, -0.25) is 4.79 Å². The van der Waals surface area contributed by atoms with E-state index in [1.165, 1.54) is 0 Å². The summed E-state index contributed by atoms with van der Waals surface area (Å²) in [6.07, 6.45) is 0.377. The maximum atomic E-state index is 12.2. The van der Waals surface area contributed by atoms with Crippen LogP contribution in [0.25, 0.3) is 0 Å². The molecule has 110 valence electrons. The second-order valence-electron chi connectivity index (χ2n) is 4.39. The van der Waals surface area contributed by atoms with Crippen LogP contribution in [0, 0.1) is 0 Å². The molecule has 0 aliphatic rings. The van der Waals surface area contributed by atoms with Crippen molar-refractivity contribution in [3.63, 3.8) is 0 Å². The molecule has 1 N–H and O–H groups in total. The number of halogens is 2. The highest BCUT2D eigenvalue weighted by atomic mass is 35.5. The second kappa shape index (κ2) is 7.71. The van der Waals surface area contributed by atoms with Gasteiger partial charge in [0.2, 0.25) is 5.24 Å². The average molecular weight is 342 g/mol. The average Bonchev–Trinajstić information content (AvgIpc) is 2.48. The molecule has 0 bridgehead atoms. The van der Waals surface area contributed by atoms with Crippen LogP contribution in [-0.4, -0.2) is 15.5 Å². The summed E-state index contributed by atoms with van der Waals surface area (Å²) in [4.78, 5) is 12.1. The van der Waals surface area contributed by atoms with E-state index < -0.39 is 22.3 Å². The van der Waals surface area contributed by atoms with Gasteiger partial charge in [0.1, 0.15) is 11.0 Å². The molecule has 2 rings (SSSR count). The van der Waals surface area contributed by atoms with Crippen LogP contribution in [0.2, 0.25) is 5.02 Å². The normalized spacial score (nSPS) is 13.6. The van der Waals surface area contributed by atoms with Crippen LogP contribution in [0.4, 0.5) is 0 Å². The molecule has 2 aromatic carbocycles. The van der Waals surface area contributed by atoms with Crippen molar-refractivity contribution in [1.29, 1.82) is 0 Å². The molecule has 0 aliphatic carbocycles. The first-order valence-electron chi connectivity index (χ1n) is 6.23. The summed E-state index contributed by atoms with van der Waals surface area (Å²) < 4.78 is 15.0. The Morgan fingerprint density at radius 3 is 2.29 bits per heavy atom. The van der Waals surface area contributed by atoms with Crippen LogP contribution in [-0.2, 0) is 22.2 Å². The van der Waals surface area contributed by atoms with E-state index >= 15 is 0 Å². The first kappa shape index (κ1) is 16.2. The van der Waals surface area contributed by atoms with Gasteiger partial charge in [0.15, 0.2) is 0 Å². The summed E-state index contributed by atoms with van der Waals surface area (Å²) in [6.45, 7) is 0. The first-order valence-corrected chi connectivity index (χ1v) is 8.13. The predicted octanol–water partition coefficient (Wildman–Crippen LogP) is 3.33. The van der Waals surface area contributed by atoms with Crippen LogP contribution in [0.15, 0.2) is 59.5 Å². The maximum Gasteiger partial charge on any atom is 0.239 e. The van der Waals surface area contributed by atoms with Gasteiger partial charge in [-0.05, 0) is 47.9 Å². The van der Waals surface area contributed by atoms with E-state index in [1.54, 1.807) is 24.3 Å². The zero-order valence-electron chi connectivity index (χ0n) is 11.0. The molecule has 6 heteroatoms. The highest BCUT2D eigenvalue weighted by molar-refractivity contribution is 7.83. The second-order valence-corrected chi connectivity index (χ2v) is 6.44. The first-order chi connectivity index (χ1) is 10.1. The molecule has 0 saturated carbocycles. The van der Waals surface area contributed by atoms with E-state index in [1.807, 2.05) is 30.3 Å². The third-order valence-corrected chi connectivity index (χ3v) is 4.55. The van der Waals surface area contributed by atoms with E-state index in [2.05, 4.69) is 4.72 Å². The molecule has 0 saturated heterocycles.